The van der Waals surface area contributed by atoms with Gasteiger partial charge in [-0.25, -0.2) is 0 Å². The molecule has 2 N–H and O–H groups in total. The van der Waals surface area contributed by atoms with Crippen LogP contribution in [0.15, 0.2) is 27.5 Å². The van der Waals surface area contributed by atoms with Gasteiger partial charge in [0.2, 0.25) is 17.6 Å². The summed E-state index contributed by atoms with van der Waals surface area (Å²) in [7, 11) is 0. The van der Waals surface area contributed by atoms with Crippen molar-refractivity contribution in [2.75, 3.05) is 13.1 Å². The van der Waals surface area contributed by atoms with Crippen molar-refractivity contribution >= 4 is 5.91 Å². The molecule has 124 valence electrons. The van der Waals surface area contributed by atoms with Crippen molar-refractivity contribution in [3.8, 4) is 11.4 Å². The zero-order chi connectivity index (χ0) is 16.2. The number of piperidine rings is 1. The Morgan fingerprint density at radius 2 is 2.39 bits per heavy atom. The Hall–Kier alpha value is -2.15. The molecule has 2 aromatic rings. The largest absolute Gasteiger partial charge is 0.472 e. The van der Waals surface area contributed by atoms with E-state index in [0.29, 0.717) is 37.0 Å². The first-order chi connectivity index (χ1) is 11.2. The lowest BCUT2D eigenvalue weighted by Gasteiger charge is -2.38. The number of hydrogen-bond acceptors (Lipinski definition) is 6. The highest BCUT2D eigenvalue weighted by Gasteiger charge is 2.28. The third-order valence-electron chi connectivity index (χ3n) is 4.37. The second-order valence-electron chi connectivity index (χ2n) is 6.13. The van der Waals surface area contributed by atoms with E-state index in [9.17, 15) is 4.79 Å². The fraction of sp³-hybridized carbons (Fsp3) is 0.562. The molecule has 7 nitrogen and oxygen atoms in total. The maximum absolute atomic E-state index is 12.4. The highest BCUT2D eigenvalue weighted by Crippen LogP contribution is 2.23. The van der Waals surface area contributed by atoms with Crippen molar-refractivity contribution in [2.24, 2.45) is 11.7 Å². The smallest absolute Gasteiger partial charge is 0.227 e. The van der Waals surface area contributed by atoms with E-state index in [1.54, 1.807) is 18.6 Å². The van der Waals surface area contributed by atoms with Crippen LogP contribution in [0.25, 0.3) is 11.4 Å². The summed E-state index contributed by atoms with van der Waals surface area (Å²) in [5.41, 5.74) is 6.58. The minimum absolute atomic E-state index is 0.107. The SMILES string of the molecule is CC1CCN(C(=O)CCc2nc(-c3ccoc3)no2)C(CN)C1. The summed E-state index contributed by atoms with van der Waals surface area (Å²) in [5, 5.41) is 3.90. The Morgan fingerprint density at radius 1 is 1.52 bits per heavy atom. The standard InChI is InChI=1S/C16H22N4O3/c1-11-4-6-20(13(8-11)9-17)15(21)3-2-14-18-16(19-23-14)12-5-7-22-10-12/h5,7,10-11,13H,2-4,6,8-9,17H2,1H3. The van der Waals surface area contributed by atoms with Gasteiger partial charge in [-0.1, -0.05) is 12.1 Å². The highest BCUT2D eigenvalue weighted by molar-refractivity contribution is 5.76. The van der Waals surface area contributed by atoms with Crippen molar-refractivity contribution in [2.45, 2.75) is 38.6 Å². The van der Waals surface area contributed by atoms with Crippen LogP contribution in [0.3, 0.4) is 0 Å². The second kappa shape index (κ2) is 6.95. The third-order valence-corrected chi connectivity index (χ3v) is 4.37. The van der Waals surface area contributed by atoms with E-state index in [0.717, 1.165) is 24.9 Å². The maximum Gasteiger partial charge on any atom is 0.227 e. The Bertz CT molecular complexity index is 638. The van der Waals surface area contributed by atoms with Gasteiger partial charge < -0.3 is 19.6 Å². The van der Waals surface area contributed by atoms with Crippen molar-refractivity contribution in [1.82, 2.24) is 15.0 Å². The summed E-state index contributed by atoms with van der Waals surface area (Å²) in [5.74, 6) is 1.67. The minimum atomic E-state index is 0.107. The summed E-state index contributed by atoms with van der Waals surface area (Å²) in [6, 6.07) is 1.91. The van der Waals surface area contributed by atoms with E-state index >= 15 is 0 Å². The highest BCUT2D eigenvalue weighted by atomic mass is 16.5. The van der Waals surface area contributed by atoms with Gasteiger partial charge in [-0.2, -0.15) is 4.98 Å². The number of amides is 1. The molecule has 0 saturated carbocycles. The van der Waals surface area contributed by atoms with Crippen LogP contribution in [-0.2, 0) is 11.2 Å². The van der Waals surface area contributed by atoms with Crippen molar-refractivity contribution in [1.29, 1.82) is 0 Å². The number of rotatable bonds is 5. The van der Waals surface area contributed by atoms with E-state index < -0.39 is 0 Å². The number of hydrogen-bond donors (Lipinski definition) is 1. The number of carbonyl (C=O) groups is 1. The average molecular weight is 318 g/mol. The van der Waals surface area contributed by atoms with Gasteiger partial charge >= 0.3 is 0 Å². The molecule has 0 spiro atoms. The summed E-state index contributed by atoms with van der Waals surface area (Å²) >= 11 is 0. The number of nitrogens with two attached hydrogens (primary N) is 1. The molecular formula is C16H22N4O3. The van der Waals surface area contributed by atoms with Gasteiger partial charge in [-0.3, -0.25) is 4.79 Å². The van der Waals surface area contributed by atoms with Gasteiger partial charge in [0, 0.05) is 32.0 Å². The average Bonchev–Trinajstić information content (AvgIpc) is 3.23. The number of aromatic nitrogens is 2. The van der Waals surface area contributed by atoms with Crippen molar-refractivity contribution < 1.29 is 13.7 Å². The summed E-state index contributed by atoms with van der Waals surface area (Å²) in [4.78, 5) is 18.6. The molecule has 0 aliphatic carbocycles. The van der Waals surface area contributed by atoms with Crippen LogP contribution in [0.2, 0.25) is 0 Å². The molecule has 1 aliphatic rings. The lowest BCUT2D eigenvalue weighted by atomic mass is 9.92. The third kappa shape index (κ3) is 3.61. The molecule has 0 bridgehead atoms. The lowest BCUT2D eigenvalue weighted by molar-refractivity contribution is -0.135. The molecule has 2 unspecified atom stereocenters. The van der Waals surface area contributed by atoms with Crippen molar-refractivity contribution in [3.63, 3.8) is 0 Å². The van der Waals surface area contributed by atoms with Gasteiger partial charge in [0.15, 0.2) is 0 Å². The van der Waals surface area contributed by atoms with Crippen LogP contribution >= 0.6 is 0 Å². The molecule has 3 heterocycles. The number of aryl methyl sites for hydroxylation is 1. The quantitative estimate of drug-likeness (QED) is 0.903. The molecule has 1 aliphatic heterocycles. The second-order valence-corrected chi connectivity index (χ2v) is 6.13. The Kier molecular flexibility index (Phi) is 4.76. The van der Waals surface area contributed by atoms with Crippen molar-refractivity contribution in [3.05, 3.63) is 24.5 Å². The van der Waals surface area contributed by atoms with Gasteiger partial charge in [0.25, 0.3) is 0 Å². The molecule has 1 saturated heterocycles. The first-order valence-corrected chi connectivity index (χ1v) is 8.02. The fourth-order valence-electron chi connectivity index (χ4n) is 3.03. The van der Waals surface area contributed by atoms with Crippen LogP contribution in [0, 0.1) is 5.92 Å². The van der Waals surface area contributed by atoms with E-state index in [-0.39, 0.29) is 11.9 Å². The topological polar surface area (TPSA) is 98.4 Å². The Balaban J connectivity index is 1.56. The number of carbonyl (C=O) groups excluding carboxylic acids is 1. The molecule has 1 fully saturated rings. The van der Waals surface area contributed by atoms with Gasteiger partial charge in [0.05, 0.1) is 11.8 Å². The van der Waals surface area contributed by atoms with Crippen LogP contribution < -0.4 is 5.73 Å². The first kappa shape index (κ1) is 15.7. The van der Waals surface area contributed by atoms with Gasteiger partial charge in [-0.15, -0.1) is 0 Å². The molecule has 3 rings (SSSR count). The molecule has 0 radical (unpaired) electrons. The molecule has 1 amide bonds. The number of likely N-dealkylation sites (tertiary alicyclic amines) is 1. The van der Waals surface area contributed by atoms with E-state index in [2.05, 4.69) is 17.1 Å². The molecular weight excluding hydrogens is 296 g/mol. The molecule has 23 heavy (non-hydrogen) atoms. The molecule has 2 aromatic heterocycles. The van der Waals surface area contributed by atoms with E-state index in [1.807, 2.05) is 4.90 Å². The van der Waals surface area contributed by atoms with Gasteiger partial charge in [0.1, 0.15) is 6.26 Å². The summed E-state index contributed by atoms with van der Waals surface area (Å²) in [6.07, 6.45) is 5.92. The summed E-state index contributed by atoms with van der Waals surface area (Å²) in [6.45, 7) is 3.51. The lowest BCUT2D eigenvalue weighted by Crippen LogP contribution is -2.49. The first-order valence-electron chi connectivity index (χ1n) is 8.02. The fourth-order valence-corrected chi connectivity index (χ4v) is 3.03. The number of nitrogens with zero attached hydrogens (tertiary/aromatic N) is 3. The molecule has 7 heteroatoms. The van der Waals surface area contributed by atoms with Gasteiger partial charge in [-0.05, 0) is 24.8 Å². The molecule has 0 aromatic carbocycles. The minimum Gasteiger partial charge on any atom is -0.472 e. The normalized spacial score (nSPS) is 21.6. The number of furan rings is 1. The monoisotopic (exact) mass is 318 g/mol. The summed E-state index contributed by atoms with van der Waals surface area (Å²) < 4.78 is 10.2. The van der Waals surface area contributed by atoms with Crippen LogP contribution in [-0.4, -0.2) is 40.1 Å². The molecule has 2 atom stereocenters. The van der Waals surface area contributed by atoms with E-state index in [1.165, 1.54) is 0 Å². The Morgan fingerprint density at radius 3 is 3.13 bits per heavy atom. The zero-order valence-electron chi connectivity index (χ0n) is 13.3. The maximum atomic E-state index is 12.4. The Labute approximate surface area is 134 Å². The predicted molar refractivity (Wildman–Crippen MR) is 83.3 cm³/mol. The van der Waals surface area contributed by atoms with Crippen LogP contribution in [0.1, 0.15) is 32.1 Å². The van der Waals surface area contributed by atoms with Crippen LogP contribution in [0.5, 0.6) is 0 Å². The van der Waals surface area contributed by atoms with Crippen LogP contribution in [0.4, 0.5) is 0 Å². The predicted octanol–water partition coefficient (Wildman–Crippen LogP) is 1.85. The zero-order valence-corrected chi connectivity index (χ0v) is 13.3. The van der Waals surface area contributed by atoms with E-state index in [4.69, 9.17) is 14.7 Å².